The number of hydrogen-bond acceptors (Lipinski definition) is 6. The molecule has 1 aromatic heterocycles. The van der Waals surface area contributed by atoms with E-state index in [4.69, 9.17) is 10.5 Å². The molecule has 1 aliphatic rings. The van der Waals surface area contributed by atoms with Gasteiger partial charge >= 0.3 is 0 Å². The fourth-order valence-electron chi connectivity index (χ4n) is 3.03. The molecule has 9 heteroatoms. The molecule has 1 aliphatic heterocycles. The predicted octanol–water partition coefficient (Wildman–Crippen LogP) is 2.27. The number of primary amides is 1. The van der Waals surface area contributed by atoms with E-state index < -0.39 is 11.8 Å². The van der Waals surface area contributed by atoms with E-state index in [2.05, 4.69) is 10.3 Å². The molecule has 0 aliphatic carbocycles. The van der Waals surface area contributed by atoms with E-state index in [-0.39, 0.29) is 24.6 Å². The summed E-state index contributed by atoms with van der Waals surface area (Å²) in [4.78, 5) is 42.2. The van der Waals surface area contributed by atoms with Crippen LogP contribution in [0, 0.1) is 0 Å². The van der Waals surface area contributed by atoms with Gasteiger partial charge in [0.05, 0.1) is 28.1 Å². The number of nitrogens with zero attached hydrogens (tertiary/aromatic N) is 2. The lowest BCUT2D eigenvalue weighted by Crippen LogP contribution is -2.43. The van der Waals surface area contributed by atoms with Gasteiger partial charge < -0.3 is 15.8 Å². The Kier molecular flexibility index (Phi) is 4.96. The third-order valence-corrected chi connectivity index (χ3v) is 4.98. The highest BCUT2D eigenvalue weighted by atomic mass is 32.1. The molecule has 29 heavy (non-hydrogen) atoms. The van der Waals surface area contributed by atoms with Crippen LogP contribution >= 0.6 is 11.3 Å². The first-order chi connectivity index (χ1) is 14.0. The van der Waals surface area contributed by atoms with Gasteiger partial charge in [0.15, 0.2) is 6.61 Å². The fraction of sp³-hybridized carbons (Fsp3) is 0.100. The van der Waals surface area contributed by atoms with Crippen molar-refractivity contribution in [2.75, 3.05) is 23.4 Å². The average Bonchev–Trinajstić information content (AvgIpc) is 3.25. The number of nitrogens with two attached hydrogens (primary N) is 1. The molecule has 0 unspecified atom stereocenters. The van der Waals surface area contributed by atoms with Gasteiger partial charge in [-0.3, -0.25) is 19.3 Å². The third-order valence-electron chi connectivity index (χ3n) is 4.40. The van der Waals surface area contributed by atoms with Crippen LogP contribution in [0.25, 0.3) is 11.3 Å². The van der Waals surface area contributed by atoms with Gasteiger partial charge in [-0.15, -0.1) is 11.3 Å². The zero-order valence-corrected chi connectivity index (χ0v) is 15.9. The van der Waals surface area contributed by atoms with Gasteiger partial charge in [-0.1, -0.05) is 12.1 Å². The normalized spacial score (nSPS) is 12.8. The van der Waals surface area contributed by atoms with E-state index in [1.807, 2.05) is 11.4 Å². The molecule has 0 saturated carbocycles. The van der Waals surface area contributed by atoms with Crippen LogP contribution in [0.5, 0.6) is 5.75 Å². The van der Waals surface area contributed by atoms with Gasteiger partial charge in [0, 0.05) is 10.9 Å². The van der Waals surface area contributed by atoms with E-state index >= 15 is 0 Å². The lowest BCUT2D eigenvalue weighted by atomic mass is 10.1. The highest BCUT2D eigenvalue weighted by Crippen LogP contribution is 2.36. The lowest BCUT2D eigenvalue weighted by Gasteiger charge is -2.29. The quantitative estimate of drug-likeness (QED) is 0.672. The molecule has 0 spiro atoms. The second kappa shape index (κ2) is 7.72. The molecule has 0 atom stereocenters. The van der Waals surface area contributed by atoms with E-state index in [0.717, 1.165) is 11.3 Å². The van der Waals surface area contributed by atoms with Crippen molar-refractivity contribution in [1.82, 2.24) is 4.98 Å². The third kappa shape index (κ3) is 3.81. The van der Waals surface area contributed by atoms with Crippen molar-refractivity contribution in [2.24, 2.45) is 5.73 Å². The molecular formula is C20H16N4O4S. The molecule has 2 heterocycles. The van der Waals surface area contributed by atoms with Crippen LogP contribution in [0.4, 0.5) is 11.4 Å². The molecule has 0 bridgehead atoms. The summed E-state index contributed by atoms with van der Waals surface area (Å²) in [5.74, 6) is -0.944. The Balaban J connectivity index is 1.59. The largest absolute Gasteiger partial charge is 0.482 e. The summed E-state index contributed by atoms with van der Waals surface area (Å²) < 4.78 is 5.49. The van der Waals surface area contributed by atoms with Gasteiger partial charge in [-0.05, 0) is 30.3 Å². The summed E-state index contributed by atoms with van der Waals surface area (Å²) in [6.45, 7) is -0.392. The van der Waals surface area contributed by atoms with Crippen LogP contribution in [0.2, 0.25) is 0 Å². The molecule has 3 aromatic rings. The van der Waals surface area contributed by atoms with E-state index in [1.165, 1.54) is 22.3 Å². The highest BCUT2D eigenvalue weighted by Gasteiger charge is 2.28. The molecule has 3 amide bonds. The van der Waals surface area contributed by atoms with Crippen LogP contribution in [-0.2, 0) is 9.59 Å². The van der Waals surface area contributed by atoms with Gasteiger partial charge in [0.1, 0.15) is 12.3 Å². The van der Waals surface area contributed by atoms with Gasteiger partial charge in [-0.2, -0.15) is 0 Å². The summed E-state index contributed by atoms with van der Waals surface area (Å²) in [6, 6.07) is 11.8. The van der Waals surface area contributed by atoms with Gasteiger partial charge in [0.25, 0.3) is 11.8 Å². The Bertz CT molecular complexity index is 1100. The van der Waals surface area contributed by atoms with Crippen LogP contribution in [0.1, 0.15) is 10.4 Å². The van der Waals surface area contributed by atoms with Crippen molar-refractivity contribution in [1.29, 1.82) is 0 Å². The zero-order chi connectivity index (χ0) is 20.4. The number of rotatable bonds is 5. The first kappa shape index (κ1) is 18.6. The number of nitrogens with one attached hydrogen (secondary N) is 1. The summed E-state index contributed by atoms with van der Waals surface area (Å²) in [5, 5.41) is 4.54. The monoisotopic (exact) mass is 408 g/mol. The van der Waals surface area contributed by atoms with Crippen molar-refractivity contribution < 1.29 is 19.1 Å². The standard InChI is InChI=1S/C20H16N4O4S/c21-20(27)13-3-1-2-4-14(13)23-18(25)8-24-16-7-12(15-10-29-11-22-15)5-6-17(16)28-9-19(24)26/h1-7,10-11H,8-9H2,(H2,21,27)(H,23,25). The number of ether oxygens (including phenoxy) is 1. The number of carbonyl (C=O) groups excluding carboxylic acids is 3. The van der Waals surface area contributed by atoms with E-state index in [0.29, 0.717) is 17.1 Å². The van der Waals surface area contributed by atoms with Crippen molar-refractivity contribution in [3.05, 3.63) is 58.9 Å². The average molecular weight is 408 g/mol. The number of benzene rings is 2. The van der Waals surface area contributed by atoms with Crippen LogP contribution in [0.15, 0.2) is 53.4 Å². The van der Waals surface area contributed by atoms with Crippen LogP contribution in [-0.4, -0.2) is 35.9 Å². The fourth-order valence-corrected chi connectivity index (χ4v) is 3.59. The maximum Gasteiger partial charge on any atom is 0.265 e. The molecule has 8 nitrogen and oxygen atoms in total. The molecule has 0 saturated heterocycles. The molecule has 3 N–H and O–H groups in total. The summed E-state index contributed by atoms with van der Waals surface area (Å²) in [7, 11) is 0. The van der Waals surface area contributed by atoms with Crippen LogP contribution < -0.4 is 20.7 Å². The van der Waals surface area contributed by atoms with Gasteiger partial charge in [-0.25, -0.2) is 4.98 Å². The molecule has 2 aromatic carbocycles. The van der Waals surface area contributed by atoms with Crippen molar-refractivity contribution in [3.8, 4) is 17.0 Å². The first-order valence-electron chi connectivity index (χ1n) is 8.67. The molecular weight excluding hydrogens is 392 g/mol. The van der Waals surface area contributed by atoms with Crippen molar-refractivity contribution in [2.45, 2.75) is 0 Å². The molecule has 0 radical (unpaired) electrons. The van der Waals surface area contributed by atoms with Crippen molar-refractivity contribution in [3.63, 3.8) is 0 Å². The second-order valence-electron chi connectivity index (χ2n) is 6.28. The Morgan fingerprint density at radius 2 is 2.07 bits per heavy atom. The number of fused-ring (bicyclic) bond motifs is 1. The number of para-hydroxylation sites is 1. The lowest BCUT2D eigenvalue weighted by molar-refractivity contribution is -0.123. The number of aromatic nitrogens is 1. The zero-order valence-electron chi connectivity index (χ0n) is 15.1. The minimum absolute atomic E-state index is 0.159. The molecule has 0 fully saturated rings. The number of hydrogen-bond donors (Lipinski definition) is 2. The Labute approximate surface area is 169 Å². The topological polar surface area (TPSA) is 115 Å². The summed E-state index contributed by atoms with van der Waals surface area (Å²) in [6.07, 6.45) is 0. The number of thiazole rings is 1. The molecule has 4 rings (SSSR count). The van der Waals surface area contributed by atoms with Gasteiger partial charge in [0.2, 0.25) is 5.91 Å². The van der Waals surface area contributed by atoms with E-state index in [1.54, 1.807) is 35.8 Å². The first-order valence-corrected chi connectivity index (χ1v) is 9.61. The Hall–Kier alpha value is -3.72. The number of anilines is 2. The maximum absolute atomic E-state index is 12.6. The SMILES string of the molecule is NC(=O)c1ccccc1NC(=O)CN1C(=O)COc2ccc(-c3cscn3)cc21. The number of carbonyl (C=O) groups is 3. The Morgan fingerprint density at radius 1 is 1.24 bits per heavy atom. The smallest absolute Gasteiger partial charge is 0.265 e. The minimum Gasteiger partial charge on any atom is -0.482 e. The van der Waals surface area contributed by atoms with E-state index in [9.17, 15) is 14.4 Å². The summed E-state index contributed by atoms with van der Waals surface area (Å²) in [5.41, 5.74) is 9.63. The second-order valence-corrected chi connectivity index (χ2v) is 7.00. The Morgan fingerprint density at radius 3 is 2.83 bits per heavy atom. The maximum atomic E-state index is 12.6. The molecule has 146 valence electrons. The minimum atomic E-state index is -0.651. The highest BCUT2D eigenvalue weighted by molar-refractivity contribution is 7.07. The van der Waals surface area contributed by atoms with Crippen LogP contribution in [0.3, 0.4) is 0 Å². The number of amides is 3. The van der Waals surface area contributed by atoms with Crippen molar-refractivity contribution >= 4 is 40.4 Å². The predicted molar refractivity (Wildman–Crippen MR) is 109 cm³/mol. The summed E-state index contributed by atoms with van der Waals surface area (Å²) >= 11 is 1.46.